The molecule has 0 radical (unpaired) electrons. The van der Waals surface area contributed by atoms with Gasteiger partial charge in [0.05, 0.1) is 7.11 Å². The molecule has 120 valence electrons. The molecule has 1 aromatic heterocycles. The van der Waals surface area contributed by atoms with Gasteiger partial charge in [-0.25, -0.2) is 0 Å². The molecule has 0 fully saturated rings. The largest absolute Gasteiger partial charge is 0.496 e. The highest BCUT2D eigenvalue weighted by Gasteiger charge is 2.26. The van der Waals surface area contributed by atoms with Crippen LogP contribution in [0.1, 0.15) is 17.2 Å². The van der Waals surface area contributed by atoms with Gasteiger partial charge in [-0.15, -0.1) is 0 Å². The Balaban J connectivity index is 1.83. The lowest BCUT2D eigenvalue weighted by atomic mass is 10.0. The van der Waals surface area contributed by atoms with E-state index in [1.165, 1.54) is 0 Å². The molecule has 0 unspecified atom stereocenters. The van der Waals surface area contributed by atoms with Gasteiger partial charge in [-0.1, -0.05) is 51.4 Å². The highest BCUT2D eigenvalue weighted by Crippen LogP contribution is 2.35. The van der Waals surface area contributed by atoms with Crippen molar-refractivity contribution in [3.05, 3.63) is 70.2 Å². The quantitative estimate of drug-likeness (QED) is 0.749. The lowest BCUT2D eigenvalue weighted by Crippen LogP contribution is -2.20. The highest BCUT2D eigenvalue weighted by atomic mass is 79.9. The molecular weight excluding hydrogens is 370 g/mol. The summed E-state index contributed by atoms with van der Waals surface area (Å²) in [4.78, 5) is 0. The maximum atomic E-state index is 5.51. The SMILES string of the molecule is COc1ccccc1[C@H]1C=C(c2ccc(Br)cc2)Nc2nnnn21. The smallest absolute Gasteiger partial charge is 0.248 e. The molecule has 0 aliphatic carbocycles. The minimum Gasteiger partial charge on any atom is -0.496 e. The van der Waals surface area contributed by atoms with Crippen LogP contribution in [-0.4, -0.2) is 27.3 Å². The van der Waals surface area contributed by atoms with Crippen molar-refractivity contribution in [2.24, 2.45) is 0 Å². The first kappa shape index (κ1) is 14.9. The number of aromatic nitrogens is 4. The van der Waals surface area contributed by atoms with Crippen molar-refractivity contribution >= 4 is 27.6 Å². The summed E-state index contributed by atoms with van der Waals surface area (Å²) in [5.74, 6) is 1.41. The second-order valence-corrected chi connectivity index (χ2v) is 6.26. The molecule has 0 saturated heterocycles. The minimum atomic E-state index is -0.147. The minimum absolute atomic E-state index is 0.147. The molecular formula is C17H14BrN5O. The van der Waals surface area contributed by atoms with Gasteiger partial charge in [0.1, 0.15) is 11.8 Å². The number of nitrogens with one attached hydrogen (secondary N) is 1. The fourth-order valence-corrected chi connectivity index (χ4v) is 3.05. The second-order valence-electron chi connectivity index (χ2n) is 5.35. The van der Waals surface area contributed by atoms with E-state index in [2.05, 4.69) is 42.8 Å². The zero-order valence-electron chi connectivity index (χ0n) is 12.8. The number of halogens is 1. The summed E-state index contributed by atoms with van der Waals surface area (Å²) in [5, 5.41) is 15.3. The number of benzene rings is 2. The maximum absolute atomic E-state index is 5.51. The molecule has 0 saturated carbocycles. The van der Waals surface area contributed by atoms with E-state index in [4.69, 9.17) is 4.74 Å². The van der Waals surface area contributed by atoms with Crippen LogP contribution >= 0.6 is 15.9 Å². The number of allylic oxidation sites excluding steroid dienone is 1. The maximum Gasteiger partial charge on any atom is 0.248 e. The fourth-order valence-electron chi connectivity index (χ4n) is 2.78. The van der Waals surface area contributed by atoms with Crippen molar-refractivity contribution in [3.8, 4) is 5.75 Å². The van der Waals surface area contributed by atoms with Crippen LogP contribution < -0.4 is 10.1 Å². The molecule has 1 aliphatic heterocycles. The molecule has 0 amide bonds. The zero-order chi connectivity index (χ0) is 16.5. The molecule has 2 heterocycles. The van der Waals surface area contributed by atoms with E-state index in [0.29, 0.717) is 5.95 Å². The van der Waals surface area contributed by atoms with Crippen molar-refractivity contribution in [3.63, 3.8) is 0 Å². The van der Waals surface area contributed by atoms with Gasteiger partial charge in [0.25, 0.3) is 0 Å². The number of para-hydroxylation sites is 1. The molecule has 0 bridgehead atoms. The Morgan fingerprint density at radius 2 is 1.92 bits per heavy atom. The summed E-state index contributed by atoms with van der Waals surface area (Å²) in [6, 6.07) is 15.8. The van der Waals surface area contributed by atoms with E-state index in [-0.39, 0.29) is 6.04 Å². The van der Waals surface area contributed by atoms with Gasteiger partial charge in [-0.05, 0) is 40.3 Å². The second kappa shape index (κ2) is 6.09. The molecule has 1 N–H and O–H groups in total. The molecule has 0 spiro atoms. The molecule has 6 nitrogen and oxygen atoms in total. The third-order valence-corrected chi connectivity index (χ3v) is 4.47. The molecule has 4 rings (SSSR count). The predicted octanol–water partition coefficient (Wildman–Crippen LogP) is 3.50. The fraction of sp³-hybridized carbons (Fsp3) is 0.118. The van der Waals surface area contributed by atoms with E-state index in [1.54, 1.807) is 11.8 Å². The van der Waals surface area contributed by atoms with E-state index in [9.17, 15) is 0 Å². The van der Waals surface area contributed by atoms with Crippen LogP contribution in [0.25, 0.3) is 5.70 Å². The van der Waals surface area contributed by atoms with Crippen LogP contribution in [-0.2, 0) is 0 Å². The van der Waals surface area contributed by atoms with Crippen LogP contribution in [0.5, 0.6) is 5.75 Å². The lowest BCUT2D eigenvalue weighted by Gasteiger charge is -2.24. The molecule has 24 heavy (non-hydrogen) atoms. The number of hydrogen-bond acceptors (Lipinski definition) is 5. The third kappa shape index (κ3) is 2.56. The van der Waals surface area contributed by atoms with Crippen molar-refractivity contribution < 1.29 is 4.74 Å². The summed E-state index contributed by atoms with van der Waals surface area (Å²) >= 11 is 3.46. The average Bonchev–Trinajstić information content (AvgIpc) is 3.10. The number of tetrazole rings is 1. The number of methoxy groups -OCH3 is 1. The predicted molar refractivity (Wildman–Crippen MR) is 94.7 cm³/mol. The number of fused-ring (bicyclic) bond motifs is 1. The number of nitrogens with zero attached hydrogens (tertiary/aromatic N) is 4. The molecule has 1 aliphatic rings. The Labute approximate surface area is 147 Å². The van der Waals surface area contributed by atoms with Gasteiger partial charge in [-0.2, -0.15) is 4.68 Å². The topological polar surface area (TPSA) is 64.9 Å². The van der Waals surface area contributed by atoms with Gasteiger partial charge < -0.3 is 10.1 Å². The Kier molecular flexibility index (Phi) is 3.78. The first-order valence-corrected chi connectivity index (χ1v) is 8.21. The summed E-state index contributed by atoms with van der Waals surface area (Å²) in [6.07, 6.45) is 2.10. The van der Waals surface area contributed by atoms with Crippen molar-refractivity contribution in [2.45, 2.75) is 6.04 Å². The third-order valence-electron chi connectivity index (χ3n) is 3.94. The monoisotopic (exact) mass is 383 g/mol. The standard InChI is InChI=1S/C17H14BrN5O/c1-24-16-5-3-2-4-13(16)15-10-14(11-6-8-12(18)9-7-11)19-17-20-21-22-23(15)17/h2-10,15H,1H3,(H,19,20,22)/t15-/m1/s1. The lowest BCUT2D eigenvalue weighted by molar-refractivity contribution is 0.403. The zero-order valence-corrected chi connectivity index (χ0v) is 14.4. The van der Waals surface area contributed by atoms with Crippen LogP contribution in [0.15, 0.2) is 59.1 Å². The van der Waals surface area contributed by atoms with Gasteiger partial charge in [0, 0.05) is 15.7 Å². The first-order chi connectivity index (χ1) is 11.8. The van der Waals surface area contributed by atoms with Crippen molar-refractivity contribution in [1.82, 2.24) is 20.2 Å². The number of anilines is 1. The Hall–Kier alpha value is -2.67. The Morgan fingerprint density at radius 1 is 1.12 bits per heavy atom. The van der Waals surface area contributed by atoms with Crippen molar-refractivity contribution in [1.29, 1.82) is 0 Å². The molecule has 1 atom stereocenters. The van der Waals surface area contributed by atoms with Crippen LogP contribution in [0.3, 0.4) is 0 Å². The van der Waals surface area contributed by atoms with E-state index >= 15 is 0 Å². The Bertz CT molecular complexity index is 903. The van der Waals surface area contributed by atoms with Gasteiger partial charge in [-0.3, -0.25) is 0 Å². The van der Waals surface area contributed by atoms with Gasteiger partial charge in [0.15, 0.2) is 0 Å². The van der Waals surface area contributed by atoms with Crippen LogP contribution in [0.2, 0.25) is 0 Å². The summed E-state index contributed by atoms with van der Waals surface area (Å²) < 4.78 is 8.30. The van der Waals surface area contributed by atoms with Gasteiger partial charge >= 0.3 is 0 Å². The average molecular weight is 384 g/mol. The summed E-state index contributed by atoms with van der Waals surface area (Å²) in [7, 11) is 1.67. The van der Waals surface area contributed by atoms with Crippen molar-refractivity contribution in [2.75, 3.05) is 12.4 Å². The molecule has 7 heteroatoms. The van der Waals surface area contributed by atoms with E-state index in [0.717, 1.165) is 27.0 Å². The van der Waals surface area contributed by atoms with Crippen LogP contribution in [0.4, 0.5) is 5.95 Å². The summed E-state index contributed by atoms with van der Waals surface area (Å²) in [5.41, 5.74) is 3.03. The van der Waals surface area contributed by atoms with Gasteiger partial charge in [0.2, 0.25) is 5.95 Å². The number of rotatable bonds is 3. The van der Waals surface area contributed by atoms with Crippen LogP contribution in [0, 0.1) is 0 Å². The number of hydrogen-bond donors (Lipinski definition) is 1. The Morgan fingerprint density at radius 3 is 2.71 bits per heavy atom. The van der Waals surface area contributed by atoms with E-state index in [1.807, 2.05) is 48.5 Å². The van der Waals surface area contributed by atoms with E-state index < -0.39 is 0 Å². The number of ether oxygens (including phenoxy) is 1. The normalized spacial score (nSPS) is 16.1. The summed E-state index contributed by atoms with van der Waals surface area (Å²) in [6.45, 7) is 0. The highest BCUT2D eigenvalue weighted by molar-refractivity contribution is 9.10. The first-order valence-electron chi connectivity index (χ1n) is 7.42. The molecule has 3 aromatic rings. The molecule has 2 aromatic carbocycles.